The van der Waals surface area contributed by atoms with E-state index >= 15 is 0 Å². The third-order valence-electron chi connectivity index (χ3n) is 4.65. The first-order valence-corrected chi connectivity index (χ1v) is 7.69. The Balaban J connectivity index is 1.97. The predicted molar refractivity (Wildman–Crippen MR) is 88.1 cm³/mol. The van der Waals surface area contributed by atoms with Gasteiger partial charge in [0.1, 0.15) is 0 Å². The molecule has 0 bridgehead atoms. The zero-order valence-electron chi connectivity index (χ0n) is 13.4. The van der Waals surface area contributed by atoms with Gasteiger partial charge in [-0.2, -0.15) is 0 Å². The molecular weight excluding hydrogens is 246 g/mol. The topological polar surface area (TPSA) is 41.3 Å². The monoisotopic (exact) mass is 275 g/mol. The Morgan fingerprint density at radius 1 is 1.10 bits per heavy atom. The van der Waals surface area contributed by atoms with Crippen molar-refractivity contribution >= 4 is 11.4 Å². The zero-order chi connectivity index (χ0) is 14.8. The molecule has 20 heavy (non-hydrogen) atoms. The summed E-state index contributed by atoms with van der Waals surface area (Å²) in [5.41, 5.74) is 8.40. The first-order chi connectivity index (χ1) is 9.33. The predicted octanol–water partition coefficient (Wildman–Crippen LogP) is 3.72. The number of rotatable bonds is 4. The highest BCUT2D eigenvalue weighted by Gasteiger charge is 2.40. The molecule has 2 rings (SSSR count). The Bertz CT molecular complexity index is 435. The van der Waals surface area contributed by atoms with Gasteiger partial charge < -0.3 is 11.1 Å². The summed E-state index contributed by atoms with van der Waals surface area (Å²) in [7, 11) is 0. The standard InChI is InChI=1S/C17H29N3/c1-16(2)10-7-11-17(3,4)20(16)13-12-19-15-9-6-5-8-14(15)18/h5-6,8-9,19H,7,10-13,18H2,1-4H3. The van der Waals surface area contributed by atoms with Crippen LogP contribution in [0.2, 0.25) is 0 Å². The maximum atomic E-state index is 5.97. The van der Waals surface area contributed by atoms with Gasteiger partial charge in [-0.05, 0) is 59.1 Å². The van der Waals surface area contributed by atoms with Crippen molar-refractivity contribution in [2.45, 2.75) is 58.0 Å². The summed E-state index contributed by atoms with van der Waals surface area (Å²) in [6, 6.07) is 7.98. The van der Waals surface area contributed by atoms with Crippen LogP contribution in [0, 0.1) is 0 Å². The molecule has 0 spiro atoms. The molecule has 1 fully saturated rings. The van der Waals surface area contributed by atoms with Crippen LogP contribution >= 0.6 is 0 Å². The van der Waals surface area contributed by atoms with Gasteiger partial charge >= 0.3 is 0 Å². The number of para-hydroxylation sites is 2. The number of nitrogens with zero attached hydrogens (tertiary/aromatic N) is 1. The molecule has 0 saturated carbocycles. The SMILES string of the molecule is CC1(C)CCCC(C)(C)N1CCNc1ccccc1N. The first kappa shape index (κ1) is 15.2. The summed E-state index contributed by atoms with van der Waals surface area (Å²) in [6.45, 7) is 11.4. The van der Waals surface area contributed by atoms with E-state index in [0.29, 0.717) is 0 Å². The molecule has 3 nitrogen and oxygen atoms in total. The van der Waals surface area contributed by atoms with Crippen LogP contribution in [0.5, 0.6) is 0 Å². The highest BCUT2D eigenvalue weighted by atomic mass is 15.3. The number of hydrogen-bond donors (Lipinski definition) is 2. The maximum Gasteiger partial charge on any atom is 0.0574 e. The van der Waals surface area contributed by atoms with E-state index in [0.717, 1.165) is 24.5 Å². The molecule has 3 N–H and O–H groups in total. The quantitative estimate of drug-likeness (QED) is 0.823. The van der Waals surface area contributed by atoms with Crippen LogP contribution in [0.3, 0.4) is 0 Å². The number of nitrogens with one attached hydrogen (secondary N) is 1. The summed E-state index contributed by atoms with van der Waals surface area (Å²) < 4.78 is 0. The summed E-state index contributed by atoms with van der Waals surface area (Å²) in [4.78, 5) is 2.65. The second-order valence-electron chi connectivity index (χ2n) is 7.14. The second kappa shape index (κ2) is 5.65. The van der Waals surface area contributed by atoms with Gasteiger partial charge in [-0.15, -0.1) is 0 Å². The van der Waals surface area contributed by atoms with Crippen molar-refractivity contribution in [3.8, 4) is 0 Å². The van der Waals surface area contributed by atoms with Gasteiger partial charge in [-0.1, -0.05) is 12.1 Å². The van der Waals surface area contributed by atoms with E-state index in [-0.39, 0.29) is 11.1 Å². The Morgan fingerprint density at radius 3 is 2.30 bits per heavy atom. The van der Waals surface area contributed by atoms with Gasteiger partial charge in [0.05, 0.1) is 11.4 Å². The minimum absolute atomic E-state index is 0.283. The van der Waals surface area contributed by atoms with E-state index in [1.165, 1.54) is 19.3 Å². The lowest BCUT2D eigenvalue weighted by Crippen LogP contribution is -2.59. The Kier molecular flexibility index (Phi) is 4.28. The third kappa shape index (κ3) is 3.26. The summed E-state index contributed by atoms with van der Waals surface area (Å²) in [5, 5.41) is 3.47. The molecule has 0 aromatic heterocycles. The number of piperidine rings is 1. The number of anilines is 2. The average Bonchev–Trinajstić information content (AvgIpc) is 2.34. The van der Waals surface area contributed by atoms with Crippen molar-refractivity contribution in [1.82, 2.24) is 4.90 Å². The number of nitrogens with two attached hydrogens (primary N) is 1. The second-order valence-corrected chi connectivity index (χ2v) is 7.14. The molecule has 1 heterocycles. The molecule has 0 amide bonds. The maximum absolute atomic E-state index is 5.97. The van der Waals surface area contributed by atoms with Crippen molar-refractivity contribution in [3.05, 3.63) is 24.3 Å². The van der Waals surface area contributed by atoms with Crippen LogP contribution in [-0.4, -0.2) is 29.1 Å². The molecule has 1 aromatic rings. The molecule has 0 atom stereocenters. The summed E-state index contributed by atoms with van der Waals surface area (Å²) in [5.74, 6) is 0. The molecule has 1 aliphatic heterocycles. The molecule has 3 heteroatoms. The van der Waals surface area contributed by atoms with Gasteiger partial charge in [-0.3, -0.25) is 4.90 Å². The normalized spacial score (nSPS) is 21.6. The average molecular weight is 275 g/mol. The van der Waals surface area contributed by atoms with E-state index in [4.69, 9.17) is 5.73 Å². The zero-order valence-corrected chi connectivity index (χ0v) is 13.4. The molecule has 112 valence electrons. The van der Waals surface area contributed by atoms with E-state index in [1.54, 1.807) is 0 Å². The Hall–Kier alpha value is -1.22. The van der Waals surface area contributed by atoms with Crippen LogP contribution < -0.4 is 11.1 Å². The summed E-state index contributed by atoms with van der Waals surface area (Å²) in [6.07, 6.45) is 3.89. The van der Waals surface area contributed by atoms with Crippen molar-refractivity contribution in [2.24, 2.45) is 0 Å². The van der Waals surface area contributed by atoms with Gasteiger partial charge in [-0.25, -0.2) is 0 Å². The van der Waals surface area contributed by atoms with Crippen LogP contribution in [0.1, 0.15) is 47.0 Å². The Morgan fingerprint density at radius 2 is 1.70 bits per heavy atom. The fourth-order valence-electron chi connectivity index (χ4n) is 3.61. The minimum Gasteiger partial charge on any atom is -0.397 e. The lowest BCUT2D eigenvalue weighted by atomic mass is 9.80. The van der Waals surface area contributed by atoms with Gasteiger partial charge in [0, 0.05) is 24.2 Å². The van der Waals surface area contributed by atoms with Crippen LogP contribution in [0.15, 0.2) is 24.3 Å². The van der Waals surface area contributed by atoms with E-state index < -0.39 is 0 Å². The van der Waals surface area contributed by atoms with Crippen LogP contribution in [0.25, 0.3) is 0 Å². The fraction of sp³-hybridized carbons (Fsp3) is 0.647. The molecular formula is C17H29N3. The molecule has 1 aromatic carbocycles. The van der Waals surface area contributed by atoms with Gasteiger partial charge in [0.15, 0.2) is 0 Å². The molecule has 1 saturated heterocycles. The van der Waals surface area contributed by atoms with Crippen molar-refractivity contribution in [1.29, 1.82) is 0 Å². The number of likely N-dealkylation sites (tertiary alicyclic amines) is 1. The van der Waals surface area contributed by atoms with Crippen LogP contribution in [0.4, 0.5) is 11.4 Å². The van der Waals surface area contributed by atoms with Crippen LogP contribution in [-0.2, 0) is 0 Å². The van der Waals surface area contributed by atoms with E-state index in [9.17, 15) is 0 Å². The lowest BCUT2D eigenvalue weighted by Gasteiger charge is -2.53. The largest absolute Gasteiger partial charge is 0.397 e. The van der Waals surface area contributed by atoms with E-state index in [2.05, 4.69) is 37.9 Å². The smallest absolute Gasteiger partial charge is 0.0574 e. The fourth-order valence-corrected chi connectivity index (χ4v) is 3.61. The van der Waals surface area contributed by atoms with Gasteiger partial charge in [0.25, 0.3) is 0 Å². The minimum atomic E-state index is 0.283. The van der Waals surface area contributed by atoms with E-state index in [1.807, 2.05) is 24.3 Å². The first-order valence-electron chi connectivity index (χ1n) is 7.69. The number of nitrogen functional groups attached to an aromatic ring is 1. The summed E-state index contributed by atoms with van der Waals surface area (Å²) >= 11 is 0. The number of hydrogen-bond acceptors (Lipinski definition) is 3. The van der Waals surface area contributed by atoms with Crippen molar-refractivity contribution in [2.75, 3.05) is 24.1 Å². The molecule has 0 unspecified atom stereocenters. The molecule has 0 aliphatic carbocycles. The highest BCUT2D eigenvalue weighted by molar-refractivity contribution is 5.65. The highest BCUT2D eigenvalue weighted by Crippen LogP contribution is 2.37. The molecule has 0 radical (unpaired) electrons. The lowest BCUT2D eigenvalue weighted by molar-refractivity contribution is -0.0229. The molecule has 1 aliphatic rings. The van der Waals surface area contributed by atoms with Gasteiger partial charge in [0.2, 0.25) is 0 Å². The van der Waals surface area contributed by atoms with Crippen molar-refractivity contribution in [3.63, 3.8) is 0 Å². The van der Waals surface area contributed by atoms with Crippen molar-refractivity contribution < 1.29 is 0 Å². The third-order valence-corrected chi connectivity index (χ3v) is 4.65. The number of benzene rings is 1. The Labute approximate surface area is 123 Å².